The lowest BCUT2D eigenvalue weighted by Crippen LogP contribution is -2.09. The van der Waals surface area contributed by atoms with Gasteiger partial charge in [-0.25, -0.2) is 0 Å². The maximum Gasteiger partial charge on any atom is 0.222 e. The van der Waals surface area contributed by atoms with E-state index in [1.54, 1.807) is 0 Å². The molecule has 2 nitrogen and oxygen atoms in total. The molecule has 0 fully saturated rings. The molecule has 1 unspecified atom stereocenters. The molecule has 1 aliphatic rings. The van der Waals surface area contributed by atoms with E-state index in [9.17, 15) is 0 Å². The van der Waals surface area contributed by atoms with E-state index in [1.807, 2.05) is 24.3 Å². The maximum atomic E-state index is 5.38. The lowest BCUT2D eigenvalue weighted by molar-refractivity contribution is 0.355. The van der Waals surface area contributed by atoms with Gasteiger partial charge in [0.05, 0.1) is 5.69 Å². The third-order valence-electron chi connectivity index (χ3n) is 1.39. The average Bonchev–Trinajstić information content (AvgIpc) is 2.27. The lowest BCUT2D eigenvalue weighted by Gasteiger charge is -1.98. The van der Waals surface area contributed by atoms with Gasteiger partial charge in [0.25, 0.3) is 0 Å². The first-order valence-corrected chi connectivity index (χ1v) is 4.27. The quantitative estimate of drug-likeness (QED) is 0.431. The minimum atomic E-state index is 0.0926. The molecule has 3 heteroatoms. The van der Waals surface area contributed by atoms with Crippen molar-refractivity contribution in [1.82, 2.24) is 0 Å². The van der Waals surface area contributed by atoms with E-state index in [1.165, 1.54) is 0 Å². The zero-order valence-corrected chi connectivity index (χ0v) is 7.33. The van der Waals surface area contributed by atoms with Crippen LogP contribution in [-0.2, 0) is 0 Å². The monoisotopic (exact) mass is 247 g/mol. The van der Waals surface area contributed by atoms with Crippen molar-refractivity contribution in [3.8, 4) is 5.75 Å². The van der Waals surface area contributed by atoms with Crippen LogP contribution in [0.25, 0.3) is 0 Å². The summed E-state index contributed by atoms with van der Waals surface area (Å²) >= 11 is 2.19. The van der Waals surface area contributed by atoms with E-state index >= 15 is 0 Å². The summed E-state index contributed by atoms with van der Waals surface area (Å²) in [5, 5.41) is 3.16. The summed E-state index contributed by atoms with van der Waals surface area (Å²) in [6.45, 7) is 0. The van der Waals surface area contributed by atoms with E-state index in [0.29, 0.717) is 0 Å². The number of ether oxygens (including phenoxy) is 1. The van der Waals surface area contributed by atoms with Gasteiger partial charge in [-0.1, -0.05) is 12.1 Å². The second-order valence-electron chi connectivity index (χ2n) is 2.07. The molecule has 1 aromatic rings. The predicted molar refractivity (Wildman–Crippen MR) is 48.5 cm³/mol. The van der Waals surface area contributed by atoms with Gasteiger partial charge < -0.3 is 10.1 Å². The lowest BCUT2D eigenvalue weighted by atomic mass is 10.3. The highest BCUT2D eigenvalue weighted by Crippen LogP contribution is 2.32. The molecule has 1 aliphatic heterocycles. The summed E-state index contributed by atoms with van der Waals surface area (Å²) in [7, 11) is 0. The Bertz CT molecular complexity index is 226. The second kappa shape index (κ2) is 2.30. The number of benzene rings is 1. The molecule has 0 amide bonds. The smallest absolute Gasteiger partial charge is 0.222 e. The van der Waals surface area contributed by atoms with Gasteiger partial charge in [0.1, 0.15) is 5.75 Å². The van der Waals surface area contributed by atoms with Crippen LogP contribution < -0.4 is 10.1 Å². The Morgan fingerprint density at radius 3 is 3.00 bits per heavy atom. The number of rotatable bonds is 0. The van der Waals surface area contributed by atoms with Gasteiger partial charge >= 0.3 is 0 Å². The zero-order chi connectivity index (χ0) is 6.97. The molecule has 0 saturated heterocycles. The van der Waals surface area contributed by atoms with Crippen LogP contribution in [0.2, 0.25) is 0 Å². The SMILES string of the molecule is IC1Nc2ccccc2O1. The van der Waals surface area contributed by atoms with Crippen molar-refractivity contribution in [2.45, 2.75) is 4.23 Å². The molecular formula is C7H6INO. The van der Waals surface area contributed by atoms with Gasteiger partial charge in [0.2, 0.25) is 4.23 Å². The van der Waals surface area contributed by atoms with Crippen LogP contribution in [0.3, 0.4) is 0 Å². The molecule has 1 N–H and O–H groups in total. The molecule has 52 valence electrons. The minimum Gasteiger partial charge on any atom is -0.460 e. The zero-order valence-electron chi connectivity index (χ0n) is 5.17. The van der Waals surface area contributed by atoms with Crippen molar-refractivity contribution in [2.75, 3.05) is 5.32 Å². The van der Waals surface area contributed by atoms with Crippen LogP contribution in [0.15, 0.2) is 24.3 Å². The number of hydrogen-bond donors (Lipinski definition) is 1. The molecule has 0 bridgehead atoms. The van der Waals surface area contributed by atoms with Crippen LogP contribution in [0.4, 0.5) is 5.69 Å². The fourth-order valence-electron chi connectivity index (χ4n) is 0.952. The van der Waals surface area contributed by atoms with E-state index in [2.05, 4.69) is 27.9 Å². The van der Waals surface area contributed by atoms with Crippen molar-refractivity contribution in [2.24, 2.45) is 0 Å². The summed E-state index contributed by atoms with van der Waals surface area (Å²) < 4.78 is 5.47. The van der Waals surface area contributed by atoms with E-state index in [4.69, 9.17) is 4.74 Å². The third kappa shape index (κ3) is 0.941. The van der Waals surface area contributed by atoms with Gasteiger partial charge in [-0.2, -0.15) is 0 Å². The number of para-hydroxylation sites is 2. The van der Waals surface area contributed by atoms with Crippen LogP contribution >= 0.6 is 22.6 Å². The normalized spacial score (nSPS) is 21.1. The van der Waals surface area contributed by atoms with Crippen molar-refractivity contribution in [3.63, 3.8) is 0 Å². The van der Waals surface area contributed by atoms with Crippen LogP contribution in [0.5, 0.6) is 5.75 Å². The number of anilines is 1. The molecule has 0 spiro atoms. The Morgan fingerprint density at radius 1 is 1.40 bits per heavy atom. The first-order chi connectivity index (χ1) is 4.86. The topological polar surface area (TPSA) is 21.3 Å². The van der Waals surface area contributed by atoms with Gasteiger partial charge in [-0.15, -0.1) is 0 Å². The van der Waals surface area contributed by atoms with Crippen LogP contribution in [0.1, 0.15) is 0 Å². The number of nitrogens with one attached hydrogen (secondary N) is 1. The first-order valence-electron chi connectivity index (χ1n) is 3.02. The van der Waals surface area contributed by atoms with Crippen molar-refractivity contribution < 1.29 is 4.74 Å². The molecule has 0 radical (unpaired) electrons. The molecule has 0 aliphatic carbocycles. The summed E-state index contributed by atoms with van der Waals surface area (Å²) in [5.74, 6) is 0.946. The Balaban J connectivity index is 2.42. The third-order valence-corrected chi connectivity index (χ3v) is 1.95. The molecule has 0 saturated carbocycles. The minimum absolute atomic E-state index is 0.0926. The average molecular weight is 247 g/mol. The first kappa shape index (κ1) is 6.27. The molecular weight excluding hydrogens is 241 g/mol. The Hall–Kier alpha value is -0.450. The maximum absolute atomic E-state index is 5.38. The van der Waals surface area contributed by atoms with Gasteiger partial charge in [-0.05, 0) is 34.7 Å². The fourth-order valence-corrected chi connectivity index (χ4v) is 1.56. The van der Waals surface area contributed by atoms with E-state index in [-0.39, 0.29) is 4.23 Å². The summed E-state index contributed by atoms with van der Waals surface area (Å²) in [5.41, 5.74) is 1.09. The summed E-state index contributed by atoms with van der Waals surface area (Å²) in [6, 6.07) is 7.92. The highest BCUT2D eigenvalue weighted by atomic mass is 127. The second-order valence-corrected chi connectivity index (χ2v) is 3.21. The van der Waals surface area contributed by atoms with Crippen molar-refractivity contribution in [3.05, 3.63) is 24.3 Å². The highest BCUT2D eigenvalue weighted by Gasteiger charge is 2.16. The van der Waals surface area contributed by atoms with E-state index < -0.39 is 0 Å². The molecule has 2 rings (SSSR count). The van der Waals surface area contributed by atoms with Crippen molar-refractivity contribution in [1.29, 1.82) is 0 Å². The number of hydrogen-bond acceptors (Lipinski definition) is 2. The highest BCUT2D eigenvalue weighted by molar-refractivity contribution is 14.1. The molecule has 1 aromatic carbocycles. The van der Waals surface area contributed by atoms with Crippen LogP contribution in [0, 0.1) is 0 Å². The molecule has 10 heavy (non-hydrogen) atoms. The largest absolute Gasteiger partial charge is 0.460 e. The number of alkyl halides is 1. The summed E-state index contributed by atoms with van der Waals surface area (Å²) in [6.07, 6.45) is 0. The summed E-state index contributed by atoms with van der Waals surface area (Å²) in [4.78, 5) is 0. The Morgan fingerprint density at radius 2 is 2.20 bits per heavy atom. The van der Waals surface area contributed by atoms with Crippen molar-refractivity contribution >= 4 is 28.3 Å². The van der Waals surface area contributed by atoms with E-state index in [0.717, 1.165) is 11.4 Å². The fraction of sp³-hybridized carbons (Fsp3) is 0.143. The molecule has 1 heterocycles. The van der Waals surface area contributed by atoms with Gasteiger partial charge in [0.15, 0.2) is 0 Å². The number of fused-ring (bicyclic) bond motifs is 1. The Labute approximate surface area is 72.7 Å². The Kier molecular flexibility index (Phi) is 1.44. The predicted octanol–water partition coefficient (Wildman–Crippen LogP) is 2.21. The standard InChI is InChI=1S/C7H6INO/c8-7-9-5-3-1-2-4-6(5)10-7/h1-4,7,9H. The molecule has 0 aromatic heterocycles. The number of halogens is 1. The molecule has 1 atom stereocenters. The van der Waals surface area contributed by atoms with Gasteiger partial charge in [0, 0.05) is 0 Å². The van der Waals surface area contributed by atoms with Crippen LogP contribution in [-0.4, -0.2) is 4.23 Å². The van der Waals surface area contributed by atoms with Gasteiger partial charge in [-0.3, -0.25) is 0 Å².